The summed E-state index contributed by atoms with van der Waals surface area (Å²) < 4.78 is 61.1. The van der Waals surface area contributed by atoms with Crippen LogP contribution in [0.5, 0.6) is 0 Å². The fourth-order valence-corrected chi connectivity index (χ4v) is 11.8. The fraction of sp³-hybridized carbons (Fsp3) is 0.734. The minimum atomic E-state index is -4.93. The van der Waals surface area contributed by atoms with Crippen LogP contribution in [-0.2, 0) is 55.8 Å². The molecule has 5 unspecified atom stereocenters. The number of aliphatic hydroxyl groups excluding tert-OH is 2. The predicted molar refractivity (Wildman–Crippen MR) is 399 cm³/mol. The second kappa shape index (κ2) is 72.0. The minimum Gasteiger partial charge on any atom is -0.463 e. The molecule has 97 heavy (non-hydrogen) atoms. The van der Waals surface area contributed by atoms with Crippen LogP contribution in [-0.4, -0.2) is 95.9 Å². The number of phosphoric acid groups is 2. The molecule has 0 aromatic carbocycles. The monoisotopic (exact) mass is 1400 g/mol. The predicted octanol–water partition coefficient (Wildman–Crippen LogP) is 22.0. The highest BCUT2D eigenvalue weighted by atomic mass is 31.2. The van der Waals surface area contributed by atoms with E-state index in [0.29, 0.717) is 19.3 Å². The van der Waals surface area contributed by atoms with Crippen LogP contribution < -0.4 is 0 Å². The summed E-state index contributed by atoms with van der Waals surface area (Å²) in [4.78, 5) is 58.5. The van der Waals surface area contributed by atoms with Gasteiger partial charge in [-0.3, -0.25) is 32.5 Å². The first kappa shape index (κ1) is 93.2. The molecular weight excluding hydrogens is 1270 g/mol. The van der Waals surface area contributed by atoms with Crippen LogP contribution in [0.15, 0.2) is 109 Å². The molecule has 16 nitrogen and oxygen atoms in total. The Bertz CT molecular complexity index is 2200. The van der Waals surface area contributed by atoms with Gasteiger partial charge in [0.1, 0.15) is 25.4 Å². The zero-order chi connectivity index (χ0) is 70.9. The first-order valence-corrected chi connectivity index (χ1v) is 41.2. The highest BCUT2D eigenvalue weighted by Crippen LogP contribution is 2.45. The Morgan fingerprint density at radius 2 is 0.546 bits per heavy atom. The van der Waals surface area contributed by atoms with Gasteiger partial charge >= 0.3 is 33.6 Å². The number of esters is 3. The molecule has 0 bridgehead atoms. The van der Waals surface area contributed by atoms with Gasteiger partial charge in [-0.05, 0) is 122 Å². The molecule has 0 rings (SSSR count). The molecular formula is C79H138O16P2. The molecule has 0 spiro atoms. The van der Waals surface area contributed by atoms with Crippen molar-refractivity contribution in [3.63, 3.8) is 0 Å². The number of ether oxygens (including phenoxy) is 3. The summed E-state index contributed by atoms with van der Waals surface area (Å²) in [6.07, 6.45) is 82.8. The molecule has 0 aromatic heterocycles. The van der Waals surface area contributed by atoms with Crippen LogP contribution >= 0.6 is 15.6 Å². The number of allylic oxidation sites excluding steroid dienone is 18. The first-order valence-electron chi connectivity index (χ1n) is 38.2. The summed E-state index contributed by atoms with van der Waals surface area (Å²) in [7, 11) is -9.79. The lowest BCUT2D eigenvalue weighted by atomic mass is 10.0. The Kier molecular flexibility index (Phi) is 69.2. The van der Waals surface area contributed by atoms with Gasteiger partial charge in [-0.15, -0.1) is 0 Å². The van der Waals surface area contributed by atoms with Crippen LogP contribution in [0.3, 0.4) is 0 Å². The van der Waals surface area contributed by atoms with Crippen molar-refractivity contribution in [2.75, 3.05) is 39.6 Å². The van der Waals surface area contributed by atoms with E-state index in [1.54, 1.807) is 0 Å². The van der Waals surface area contributed by atoms with E-state index in [9.17, 15) is 43.5 Å². The van der Waals surface area contributed by atoms with Crippen molar-refractivity contribution in [3.05, 3.63) is 109 Å². The van der Waals surface area contributed by atoms with Gasteiger partial charge in [0, 0.05) is 19.3 Å². The van der Waals surface area contributed by atoms with E-state index in [-0.39, 0.29) is 19.3 Å². The standard InChI is InChI=1S/C79H138O16P2/c1-4-7-10-13-16-19-22-25-28-30-31-32-33-34-35-36-37-38-39-40-41-43-46-47-50-53-56-59-62-65-77(82)89-68-74(80)69-91-96(85,86)92-70-75(81)71-93-97(87,88)94-73-76(95-79(84)67-64-61-58-55-52-49-44-27-24-21-18-15-12-9-6-3)72-90-78(83)66-63-60-57-54-51-48-45-42-29-26-23-20-17-14-11-8-5-2/h7-8,10-11,16-17,19-20,25-29,31-32,34-35,44,74-76,80-81H,4-6,9,12-15,18,21-24,30,33,36-43,45-73H2,1-3H3,(H,85,86)(H,87,88)/b10-7-,11-8-,19-16-,20-17-,28-25-,29-26-,32-31-,35-34-,44-27-. The third-order valence-electron chi connectivity index (χ3n) is 16.0. The number of rotatable bonds is 72. The van der Waals surface area contributed by atoms with Crippen LogP contribution in [0.1, 0.15) is 316 Å². The van der Waals surface area contributed by atoms with Crippen LogP contribution in [0.2, 0.25) is 0 Å². The topological polar surface area (TPSA) is 231 Å². The van der Waals surface area contributed by atoms with Crippen LogP contribution in [0, 0.1) is 0 Å². The van der Waals surface area contributed by atoms with Crippen molar-refractivity contribution in [2.45, 2.75) is 334 Å². The van der Waals surface area contributed by atoms with Crippen molar-refractivity contribution < 1.29 is 75.8 Å². The van der Waals surface area contributed by atoms with E-state index in [2.05, 4.69) is 130 Å². The number of hydrogen-bond donors (Lipinski definition) is 4. The van der Waals surface area contributed by atoms with Crippen molar-refractivity contribution in [2.24, 2.45) is 0 Å². The minimum absolute atomic E-state index is 0.0927. The molecule has 0 heterocycles. The molecule has 0 saturated carbocycles. The van der Waals surface area contributed by atoms with Gasteiger partial charge in [0.15, 0.2) is 6.10 Å². The summed E-state index contributed by atoms with van der Waals surface area (Å²) >= 11 is 0. The van der Waals surface area contributed by atoms with E-state index < -0.39 is 91.5 Å². The van der Waals surface area contributed by atoms with Gasteiger partial charge in [-0.2, -0.15) is 0 Å². The van der Waals surface area contributed by atoms with Crippen molar-refractivity contribution in [1.82, 2.24) is 0 Å². The molecule has 0 aliphatic heterocycles. The number of unbranched alkanes of at least 4 members (excludes halogenated alkanes) is 31. The van der Waals surface area contributed by atoms with Crippen LogP contribution in [0.4, 0.5) is 0 Å². The lowest BCUT2D eigenvalue weighted by Crippen LogP contribution is -2.30. The number of carbonyl (C=O) groups is 3. The zero-order valence-corrected chi connectivity index (χ0v) is 62.8. The third kappa shape index (κ3) is 73.3. The van der Waals surface area contributed by atoms with Gasteiger partial charge in [0.25, 0.3) is 0 Å². The quantitative estimate of drug-likeness (QED) is 0.0146. The van der Waals surface area contributed by atoms with Crippen molar-refractivity contribution in [3.8, 4) is 0 Å². The lowest BCUT2D eigenvalue weighted by Gasteiger charge is -2.21. The molecule has 0 radical (unpaired) electrons. The smallest absolute Gasteiger partial charge is 0.463 e. The molecule has 0 aliphatic rings. The second-order valence-corrected chi connectivity index (χ2v) is 28.3. The number of hydrogen-bond acceptors (Lipinski definition) is 14. The summed E-state index contributed by atoms with van der Waals surface area (Å²) in [5.41, 5.74) is 0. The normalized spacial score (nSPS) is 14.7. The van der Waals surface area contributed by atoms with E-state index in [4.69, 9.17) is 32.3 Å². The number of carbonyl (C=O) groups excluding carboxylic acids is 3. The lowest BCUT2D eigenvalue weighted by molar-refractivity contribution is -0.161. The van der Waals surface area contributed by atoms with Gasteiger partial charge in [0.05, 0.1) is 26.4 Å². The van der Waals surface area contributed by atoms with E-state index in [1.807, 2.05) is 0 Å². The highest BCUT2D eigenvalue weighted by molar-refractivity contribution is 7.47. The summed E-state index contributed by atoms with van der Waals surface area (Å²) in [5, 5.41) is 20.6. The largest absolute Gasteiger partial charge is 0.472 e. The molecule has 0 aromatic rings. The van der Waals surface area contributed by atoms with Crippen molar-refractivity contribution in [1.29, 1.82) is 0 Å². The van der Waals surface area contributed by atoms with Gasteiger partial charge in [-0.1, -0.05) is 284 Å². The Morgan fingerprint density at radius 1 is 0.299 bits per heavy atom. The molecule has 0 aliphatic carbocycles. The molecule has 4 N–H and O–H groups in total. The average molecular weight is 1410 g/mol. The van der Waals surface area contributed by atoms with E-state index in [1.165, 1.54) is 96.3 Å². The average Bonchev–Trinajstić information content (AvgIpc) is 1.48. The van der Waals surface area contributed by atoms with Gasteiger partial charge in [-0.25, -0.2) is 9.13 Å². The molecule has 5 atom stereocenters. The Balaban J connectivity index is 4.49. The summed E-state index contributed by atoms with van der Waals surface area (Å²) in [6.45, 7) is 2.45. The molecule has 560 valence electrons. The first-order chi connectivity index (χ1) is 47.2. The maximum absolute atomic E-state index is 12.9. The van der Waals surface area contributed by atoms with E-state index in [0.717, 1.165) is 161 Å². The Labute approximate surface area is 590 Å². The fourth-order valence-electron chi connectivity index (χ4n) is 10.2. The van der Waals surface area contributed by atoms with Gasteiger partial charge < -0.3 is 34.2 Å². The van der Waals surface area contributed by atoms with Crippen LogP contribution in [0.25, 0.3) is 0 Å². The summed E-state index contributed by atoms with van der Waals surface area (Å²) in [6, 6.07) is 0. The highest BCUT2D eigenvalue weighted by Gasteiger charge is 2.29. The second-order valence-electron chi connectivity index (χ2n) is 25.4. The van der Waals surface area contributed by atoms with E-state index >= 15 is 0 Å². The molecule has 0 amide bonds. The van der Waals surface area contributed by atoms with Gasteiger partial charge in [0.2, 0.25) is 0 Å². The third-order valence-corrected chi connectivity index (χ3v) is 17.9. The Hall–Kier alpha value is -3.79. The van der Waals surface area contributed by atoms with Crippen molar-refractivity contribution >= 4 is 33.6 Å². The maximum Gasteiger partial charge on any atom is 0.472 e. The molecule has 0 saturated heterocycles. The maximum atomic E-state index is 12.9. The molecule has 0 fully saturated rings. The molecule has 18 heteroatoms. The SMILES string of the molecule is CC/C=C\C/C=C\C/C=C\C/C=C\C/C=C\CCCCCCCCCCCCCCCC(=O)OCC(O)COP(=O)(O)OCC(O)COP(=O)(O)OCC(COC(=O)CCCCCCCCC/C=C\C/C=C\C/C=C\CC)OC(=O)CCCCCCC/C=C\CCCCCCCC. The Morgan fingerprint density at radius 3 is 0.876 bits per heavy atom. The number of aliphatic hydroxyl groups is 2. The number of phosphoric ester groups is 2. The summed E-state index contributed by atoms with van der Waals surface area (Å²) in [5.74, 6) is -1.59. The zero-order valence-electron chi connectivity index (χ0n) is 61.0.